The van der Waals surface area contributed by atoms with Crippen molar-refractivity contribution in [3.8, 4) is 0 Å². The molecule has 1 aromatic carbocycles. The van der Waals surface area contributed by atoms with E-state index in [-0.39, 0.29) is 5.91 Å². The van der Waals surface area contributed by atoms with Crippen molar-refractivity contribution >= 4 is 29.0 Å². The maximum atomic E-state index is 12.7. The molecule has 0 radical (unpaired) electrons. The number of hydrogen-bond acceptors (Lipinski definition) is 6. The van der Waals surface area contributed by atoms with Crippen LogP contribution < -0.4 is 5.32 Å². The average Bonchev–Trinajstić information content (AvgIpc) is 3.14. The summed E-state index contributed by atoms with van der Waals surface area (Å²) in [7, 11) is 0. The van der Waals surface area contributed by atoms with E-state index in [1.165, 1.54) is 0 Å². The quantitative estimate of drug-likeness (QED) is 0.870. The highest BCUT2D eigenvalue weighted by atomic mass is 35.5. The summed E-state index contributed by atoms with van der Waals surface area (Å²) < 4.78 is 11.4. The van der Waals surface area contributed by atoms with Crippen molar-refractivity contribution < 1.29 is 14.3 Å². The maximum absolute atomic E-state index is 12.7. The zero-order chi connectivity index (χ0) is 18.9. The van der Waals surface area contributed by atoms with Crippen molar-refractivity contribution in [2.45, 2.75) is 25.6 Å². The Bertz CT molecular complexity index is 827. The fraction of sp³-hybridized carbons (Fsp3) is 0.421. The summed E-state index contributed by atoms with van der Waals surface area (Å²) in [5.74, 6) is -0.0616. The summed E-state index contributed by atoms with van der Waals surface area (Å²) in [4.78, 5) is 14.4. The zero-order valence-corrected chi connectivity index (χ0v) is 15.8. The molecule has 27 heavy (non-hydrogen) atoms. The minimum Gasteiger partial charge on any atom is -0.347 e. The Hall–Kier alpha value is -2.22. The molecular weight excluding hydrogens is 368 g/mol. The number of anilines is 2. The molecule has 2 fully saturated rings. The molecule has 7 nitrogen and oxygen atoms in total. The van der Waals surface area contributed by atoms with Crippen LogP contribution in [0.5, 0.6) is 0 Å². The minimum absolute atomic E-state index is 0.124. The van der Waals surface area contributed by atoms with Gasteiger partial charge in [-0.1, -0.05) is 17.7 Å². The molecule has 0 unspecified atom stereocenters. The number of rotatable bonds is 3. The second-order valence-corrected chi connectivity index (χ2v) is 7.15. The number of ether oxygens (including phenoxy) is 2. The van der Waals surface area contributed by atoms with Gasteiger partial charge in [-0.2, -0.15) is 0 Å². The number of halogens is 1. The number of nitrogens with zero attached hydrogens (tertiary/aromatic N) is 3. The largest absolute Gasteiger partial charge is 0.347 e. The number of carbonyl (C=O) groups is 1. The first-order valence-corrected chi connectivity index (χ1v) is 9.37. The number of amides is 1. The molecule has 8 heteroatoms. The third-order valence-electron chi connectivity index (χ3n) is 5.04. The van der Waals surface area contributed by atoms with Crippen LogP contribution in [0.4, 0.5) is 11.5 Å². The predicted molar refractivity (Wildman–Crippen MR) is 101 cm³/mol. The van der Waals surface area contributed by atoms with Crippen LogP contribution in [0, 0.1) is 6.92 Å². The van der Waals surface area contributed by atoms with Gasteiger partial charge in [0, 0.05) is 36.6 Å². The Kier molecular flexibility index (Phi) is 4.99. The highest BCUT2D eigenvalue weighted by Crippen LogP contribution is 2.31. The van der Waals surface area contributed by atoms with Gasteiger partial charge in [0.15, 0.2) is 17.3 Å². The number of aromatic nitrogens is 2. The smallest absolute Gasteiger partial charge is 0.274 e. The number of piperidine rings is 1. The lowest BCUT2D eigenvalue weighted by Gasteiger charge is -2.37. The van der Waals surface area contributed by atoms with Crippen LogP contribution in [0.2, 0.25) is 5.02 Å². The third-order valence-corrected chi connectivity index (χ3v) is 5.45. The first-order valence-electron chi connectivity index (χ1n) is 8.99. The molecule has 1 N–H and O–H groups in total. The van der Waals surface area contributed by atoms with E-state index in [1.807, 2.05) is 25.1 Å². The Labute approximate surface area is 162 Å². The zero-order valence-electron chi connectivity index (χ0n) is 15.1. The normalized spacial score (nSPS) is 18.7. The first-order chi connectivity index (χ1) is 13.1. The molecule has 0 atom stereocenters. The van der Waals surface area contributed by atoms with Crippen LogP contribution >= 0.6 is 11.6 Å². The predicted octanol–water partition coefficient (Wildman–Crippen LogP) is 3.16. The molecule has 2 aromatic rings. The van der Waals surface area contributed by atoms with Crippen LogP contribution in [-0.2, 0) is 9.47 Å². The van der Waals surface area contributed by atoms with E-state index in [2.05, 4.69) is 15.5 Å². The SMILES string of the molecule is Cc1c(Cl)cccc1Nc1ccc(C(=O)N2CCC3(CC2)OCCO3)nn1. The molecule has 2 aliphatic rings. The van der Waals surface area contributed by atoms with Gasteiger partial charge < -0.3 is 19.7 Å². The Morgan fingerprint density at radius 2 is 1.89 bits per heavy atom. The van der Waals surface area contributed by atoms with Gasteiger partial charge in [0.05, 0.1) is 13.2 Å². The van der Waals surface area contributed by atoms with Gasteiger partial charge in [-0.05, 0) is 36.8 Å². The molecule has 1 spiro atoms. The number of benzene rings is 1. The second-order valence-electron chi connectivity index (χ2n) is 6.74. The van der Waals surface area contributed by atoms with E-state index in [9.17, 15) is 4.79 Å². The summed E-state index contributed by atoms with van der Waals surface area (Å²) in [6.45, 7) is 4.35. The van der Waals surface area contributed by atoms with Crippen LogP contribution in [-0.4, -0.2) is 53.1 Å². The topological polar surface area (TPSA) is 76.6 Å². The third kappa shape index (κ3) is 3.76. The number of likely N-dealkylation sites (tertiary alicyclic amines) is 1. The fourth-order valence-electron chi connectivity index (χ4n) is 3.39. The number of hydrogen-bond donors (Lipinski definition) is 1. The molecule has 142 valence electrons. The summed E-state index contributed by atoms with van der Waals surface area (Å²) in [6.07, 6.45) is 1.36. The summed E-state index contributed by atoms with van der Waals surface area (Å²) >= 11 is 6.13. The van der Waals surface area contributed by atoms with Crippen molar-refractivity contribution in [1.82, 2.24) is 15.1 Å². The molecule has 1 amide bonds. The molecule has 0 saturated carbocycles. The van der Waals surface area contributed by atoms with Gasteiger partial charge in [0.1, 0.15) is 0 Å². The van der Waals surface area contributed by atoms with Gasteiger partial charge >= 0.3 is 0 Å². The molecule has 0 aliphatic carbocycles. The van der Waals surface area contributed by atoms with Crippen molar-refractivity contribution in [2.24, 2.45) is 0 Å². The van der Waals surface area contributed by atoms with Crippen LogP contribution in [0.25, 0.3) is 0 Å². The van der Waals surface area contributed by atoms with E-state index < -0.39 is 5.79 Å². The van der Waals surface area contributed by atoms with Crippen LogP contribution in [0.3, 0.4) is 0 Å². The maximum Gasteiger partial charge on any atom is 0.274 e. The standard InChI is InChI=1S/C19H21ClN4O3/c1-13-14(20)3-2-4-15(13)21-17-6-5-16(22-23-17)18(25)24-9-7-19(8-10-24)26-11-12-27-19/h2-6H,7-12H2,1H3,(H,21,23). The molecule has 4 rings (SSSR count). The monoisotopic (exact) mass is 388 g/mol. The molecule has 2 aliphatic heterocycles. The van der Waals surface area contributed by atoms with Gasteiger partial charge in [-0.3, -0.25) is 4.79 Å². The van der Waals surface area contributed by atoms with E-state index in [0.29, 0.717) is 55.7 Å². The van der Waals surface area contributed by atoms with Crippen LogP contribution in [0.15, 0.2) is 30.3 Å². The van der Waals surface area contributed by atoms with E-state index in [1.54, 1.807) is 17.0 Å². The van der Waals surface area contributed by atoms with Crippen molar-refractivity contribution in [3.63, 3.8) is 0 Å². The highest BCUT2D eigenvalue weighted by molar-refractivity contribution is 6.31. The van der Waals surface area contributed by atoms with Gasteiger partial charge in [0.25, 0.3) is 5.91 Å². The summed E-state index contributed by atoms with van der Waals surface area (Å²) in [6, 6.07) is 9.04. The van der Waals surface area contributed by atoms with Crippen molar-refractivity contribution in [2.75, 3.05) is 31.6 Å². The van der Waals surface area contributed by atoms with Crippen molar-refractivity contribution in [1.29, 1.82) is 0 Å². The van der Waals surface area contributed by atoms with Crippen molar-refractivity contribution in [3.05, 3.63) is 46.6 Å². The van der Waals surface area contributed by atoms with E-state index in [0.717, 1.165) is 11.3 Å². The molecule has 2 saturated heterocycles. The molecule has 3 heterocycles. The number of carbonyl (C=O) groups excluding carboxylic acids is 1. The lowest BCUT2D eigenvalue weighted by molar-refractivity contribution is -0.181. The Balaban J connectivity index is 1.40. The van der Waals surface area contributed by atoms with E-state index >= 15 is 0 Å². The lowest BCUT2D eigenvalue weighted by atomic mass is 10.0. The van der Waals surface area contributed by atoms with Gasteiger partial charge in [-0.25, -0.2) is 0 Å². The minimum atomic E-state index is -0.495. The fourth-order valence-corrected chi connectivity index (χ4v) is 3.57. The highest BCUT2D eigenvalue weighted by Gasteiger charge is 2.41. The summed E-state index contributed by atoms with van der Waals surface area (Å²) in [5.41, 5.74) is 2.11. The summed E-state index contributed by atoms with van der Waals surface area (Å²) in [5, 5.41) is 12.1. The number of nitrogens with one attached hydrogen (secondary N) is 1. The molecule has 0 bridgehead atoms. The average molecular weight is 389 g/mol. The molecule has 1 aromatic heterocycles. The Morgan fingerprint density at radius 3 is 2.56 bits per heavy atom. The Morgan fingerprint density at radius 1 is 1.15 bits per heavy atom. The second kappa shape index (κ2) is 7.42. The molecular formula is C19H21ClN4O3. The lowest BCUT2D eigenvalue weighted by Crippen LogP contribution is -2.47. The van der Waals surface area contributed by atoms with Gasteiger partial charge in [0.2, 0.25) is 0 Å². The van der Waals surface area contributed by atoms with Gasteiger partial charge in [-0.15, -0.1) is 10.2 Å². The van der Waals surface area contributed by atoms with E-state index in [4.69, 9.17) is 21.1 Å². The first kappa shape index (κ1) is 18.2. The van der Waals surface area contributed by atoms with Crippen LogP contribution in [0.1, 0.15) is 28.9 Å².